The minimum absolute atomic E-state index is 0.139. The molecule has 0 aliphatic carbocycles. The van der Waals surface area contributed by atoms with Crippen molar-refractivity contribution in [1.82, 2.24) is 20.4 Å². The number of carbonyl (C=O) groups excluding carboxylic acids is 3. The van der Waals surface area contributed by atoms with Crippen LogP contribution in [-0.2, 0) is 19.2 Å². The highest BCUT2D eigenvalue weighted by atomic mass is 32.2. The van der Waals surface area contributed by atoms with E-state index in [-0.39, 0.29) is 12.3 Å². The lowest BCUT2D eigenvalue weighted by Gasteiger charge is -2.44. The molecule has 3 fully saturated rings. The normalized spacial score (nSPS) is 25.8. The largest absolute Gasteiger partial charge is 0.480 e. The van der Waals surface area contributed by atoms with E-state index in [2.05, 4.69) is 10.6 Å². The maximum Gasteiger partial charge on any atom is 0.327 e. The number of nitrogens with zero attached hydrogens (tertiary/aromatic N) is 2. The molecule has 188 valence electrons. The highest BCUT2D eigenvalue weighted by Crippen LogP contribution is 2.50. The van der Waals surface area contributed by atoms with Crippen molar-refractivity contribution in [3.63, 3.8) is 0 Å². The standard InChI is InChI=1S/C24H31N5O5S/c1-24(2)19(23(33)34)29-21(32)18(22(29)35-24)27-20(31)17(14-9-5-3-6-10-14)26-16(30)13-15(25)28-11-7-4-8-12-28/h3,5-6,9-10,17-19,22,25H,4,7-8,11-13H2,1-2H3,(H,26,30)(H,27,31)(H,33,34)/t17?,18-,19+,22-/m1/s1. The third-order valence-corrected chi connectivity index (χ3v) is 8.31. The summed E-state index contributed by atoms with van der Waals surface area (Å²) in [7, 11) is 0. The Morgan fingerprint density at radius 2 is 1.83 bits per heavy atom. The number of amides is 3. The molecule has 0 aromatic heterocycles. The van der Waals surface area contributed by atoms with Crippen LogP contribution < -0.4 is 10.6 Å². The zero-order valence-electron chi connectivity index (χ0n) is 19.8. The van der Waals surface area contributed by atoms with Gasteiger partial charge in [-0.15, -0.1) is 11.8 Å². The summed E-state index contributed by atoms with van der Waals surface area (Å²) in [4.78, 5) is 53.8. The van der Waals surface area contributed by atoms with Gasteiger partial charge >= 0.3 is 5.97 Å². The Morgan fingerprint density at radius 3 is 2.46 bits per heavy atom. The van der Waals surface area contributed by atoms with Gasteiger partial charge in [0, 0.05) is 17.8 Å². The molecule has 0 bridgehead atoms. The molecule has 4 rings (SSSR count). The van der Waals surface area contributed by atoms with Gasteiger partial charge in [0.05, 0.1) is 6.42 Å². The molecule has 3 saturated heterocycles. The van der Waals surface area contributed by atoms with Crippen LogP contribution in [0.2, 0.25) is 0 Å². The van der Waals surface area contributed by atoms with Crippen LogP contribution in [0.3, 0.4) is 0 Å². The van der Waals surface area contributed by atoms with Crippen LogP contribution in [0, 0.1) is 5.41 Å². The Hall–Kier alpha value is -3.08. The molecule has 3 aliphatic rings. The summed E-state index contributed by atoms with van der Waals surface area (Å²) in [6.45, 7) is 5.04. The molecule has 0 saturated carbocycles. The first-order valence-corrected chi connectivity index (χ1v) is 12.7. The second-order valence-corrected chi connectivity index (χ2v) is 11.4. The quantitative estimate of drug-likeness (QED) is 0.251. The lowest BCUT2D eigenvalue weighted by atomic mass is 9.95. The second kappa shape index (κ2) is 9.88. The molecule has 0 spiro atoms. The number of amidine groups is 1. The Balaban J connectivity index is 1.44. The lowest BCUT2D eigenvalue weighted by molar-refractivity contribution is -0.161. The zero-order chi connectivity index (χ0) is 25.3. The predicted molar refractivity (Wildman–Crippen MR) is 131 cm³/mol. The number of likely N-dealkylation sites (tertiary alicyclic amines) is 1. The number of carboxylic acid groups (broad SMARTS) is 1. The number of fused-ring (bicyclic) bond motifs is 1. The van der Waals surface area contributed by atoms with Gasteiger partial charge in [0.25, 0.3) is 0 Å². The maximum atomic E-state index is 13.3. The number of aliphatic carboxylic acids is 1. The molecule has 4 N–H and O–H groups in total. The van der Waals surface area contributed by atoms with Crippen molar-refractivity contribution in [2.75, 3.05) is 13.1 Å². The van der Waals surface area contributed by atoms with E-state index in [0.717, 1.165) is 32.4 Å². The Kier molecular flexibility index (Phi) is 7.07. The maximum absolute atomic E-state index is 13.3. The fourth-order valence-electron chi connectivity index (χ4n) is 4.97. The molecule has 1 aromatic carbocycles. The molecular formula is C24H31N5O5S. The predicted octanol–water partition coefficient (Wildman–Crippen LogP) is 1.33. The van der Waals surface area contributed by atoms with Gasteiger partial charge in [-0.3, -0.25) is 19.8 Å². The molecule has 0 radical (unpaired) electrons. The Morgan fingerprint density at radius 1 is 1.17 bits per heavy atom. The van der Waals surface area contributed by atoms with Gasteiger partial charge in [0.1, 0.15) is 29.3 Å². The summed E-state index contributed by atoms with van der Waals surface area (Å²) >= 11 is 1.34. The van der Waals surface area contributed by atoms with Gasteiger partial charge in [-0.2, -0.15) is 0 Å². The average molecular weight is 502 g/mol. The van der Waals surface area contributed by atoms with Crippen LogP contribution in [0.5, 0.6) is 0 Å². The van der Waals surface area contributed by atoms with Crippen molar-refractivity contribution in [2.24, 2.45) is 0 Å². The molecule has 4 atom stereocenters. The highest BCUT2D eigenvalue weighted by molar-refractivity contribution is 8.01. The van der Waals surface area contributed by atoms with Crippen molar-refractivity contribution < 1.29 is 24.3 Å². The van der Waals surface area contributed by atoms with E-state index in [1.54, 1.807) is 44.2 Å². The topological polar surface area (TPSA) is 143 Å². The smallest absolute Gasteiger partial charge is 0.327 e. The SMILES string of the molecule is CC1(C)S[C@@H]2[C@H](NC(=O)C(NC(=O)CC(=N)N3CCCCC3)c3ccccc3)C(=O)N2[C@H]1C(=O)O. The van der Waals surface area contributed by atoms with Crippen LogP contribution in [0.4, 0.5) is 0 Å². The molecular weight excluding hydrogens is 470 g/mol. The number of β-lactam (4-membered cyclic amide) rings is 1. The number of thioether (sulfide) groups is 1. The van der Waals surface area contributed by atoms with Crippen molar-refractivity contribution in [3.8, 4) is 0 Å². The number of benzene rings is 1. The van der Waals surface area contributed by atoms with Crippen LogP contribution >= 0.6 is 11.8 Å². The van der Waals surface area contributed by atoms with Crippen LogP contribution in [0.15, 0.2) is 30.3 Å². The van der Waals surface area contributed by atoms with Crippen molar-refractivity contribution in [2.45, 2.75) is 67.8 Å². The minimum Gasteiger partial charge on any atom is -0.480 e. The van der Waals surface area contributed by atoms with Crippen molar-refractivity contribution >= 4 is 41.3 Å². The van der Waals surface area contributed by atoms with Crippen LogP contribution in [-0.4, -0.2) is 79.7 Å². The van der Waals surface area contributed by atoms with E-state index in [1.807, 2.05) is 4.90 Å². The van der Waals surface area contributed by atoms with Gasteiger partial charge in [-0.05, 0) is 38.7 Å². The fraction of sp³-hybridized carbons (Fsp3) is 0.542. The summed E-state index contributed by atoms with van der Waals surface area (Å²) in [5.41, 5.74) is 0.550. The van der Waals surface area contributed by atoms with Crippen LogP contribution in [0.1, 0.15) is 51.1 Å². The number of nitrogens with one attached hydrogen (secondary N) is 3. The summed E-state index contributed by atoms with van der Waals surface area (Å²) in [6, 6.07) is 5.83. The van der Waals surface area contributed by atoms with Crippen molar-refractivity contribution in [3.05, 3.63) is 35.9 Å². The summed E-state index contributed by atoms with van der Waals surface area (Å²) < 4.78 is -0.701. The summed E-state index contributed by atoms with van der Waals surface area (Å²) in [5.74, 6) is -2.30. The van der Waals surface area contributed by atoms with Gasteiger partial charge in [-0.25, -0.2) is 4.79 Å². The molecule has 1 unspecified atom stereocenters. The highest BCUT2D eigenvalue weighted by Gasteiger charge is 2.64. The first-order chi connectivity index (χ1) is 16.6. The minimum atomic E-state index is -1.08. The number of piperidine rings is 1. The lowest BCUT2D eigenvalue weighted by Crippen LogP contribution is -2.71. The van der Waals surface area contributed by atoms with E-state index in [4.69, 9.17) is 5.41 Å². The molecule has 3 heterocycles. The van der Waals surface area contributed by atoms with Crippen molar-refractivity contribution in [1.29, 1.82) is 5.41 Å². The van der Waals surface area contributed by atoms with E-state index >= 15 is 0 Å². The first-order valence-electron chi connectivity index (χ1n) is 11.8. The van der Waals surface area contributed by atoms with Gasteiger partial charge < -0.3 is 25.5 Å². The van der Waals surface area contributed by atoms with Crippen LogP contribution in [0.25, 0.3) is 0 Å². The van der Waals surface area contributed by atoms with E-state index < -0.39 is 51.9 Å². The van der Waals surface area contributed by atoms with Gasteiger partial charge in [0.15, 0.2) is 0 Å². The molecule has 3 aliphatic heterocycles. The second-order valence-electron chi connectivity index (χ2n) is 9.67. The average Bonchev–Trinajstić information content (AvgIpc) is 3.09. The number of hydrogen-bond acceptors (Lipinski definition) is 6. The van der Waals surface area contributed by atoms with Gasteiger partial charge in [0.2, 0.25) is 17.7 Å². The molecule has 3 amide bonds. The van der Waals surface area contributed by atoms with E-state index in [1.165, 1.54) is 16.7 Å². The number of hydrogen-bond donors (Lipinski definition) is 4. The fourth-order valence-corrected chi connectivity index (χ4v) is 6.59. The molecule has 35 heavy (non-hydrogen) atoms. The van der Waals surface area contributed by atoms with Gasteiger partial charge in [-0.1, -0.05) is 30.3 Å². The monoisotopic (exact) mass is 501 g/mol. The summed E-state index contributed by atoms with van der Waals surface area (Å²) in [6.07, 6.45) is 2.96. The van der Waals surface area contributed by atoms with E-state index in [9.17, 15) is 24.3 Å². The first kappa shape index (κ1) is 25.0. The molecule has 11 heteroatoms. The number of rotatable bonds is 7. The summed E-state index contributed by atoms with van der Waals surface area (Å²) in [5, 5.41) is 22.9. The third-order valence-electron chi connectivity index (χ3n) is 6.74. The molecule has 10 nitrogen and oxygen atoms in total. The van der Waals surface area contributed by atoms with E-state index in [0.29, 0.717) is 5.56 Å². The third kappa shape index (κ3) is 5.00. The Labute approximate surface area is 208 Å². The Bertz CT molecular complexity index is 1030. The molecule has 1 aromatic rings. The number of carboxylic acids is 1. The number of carbonyl (C=O) groups is 4. The zero-order valence-corrected chi connectivity index (χ0v) is 20.6.